The number of unbranched alkanes of at least 4 members (excludes halogenated alkanes) is 1. The smallest absolute Gasteiger partial charge is 0.262 e. The van der Waals surface area contributed by atoms with Gasteiger partial charge in [0.05, 0.1) is 5.69 Å². The summed E-state index contributed by atoms with van der Waals surface area (Å²) < 4.78 is 5.29. The summed E-state index contributed by atoms with van der Waals surface area (Å²) in [5.41, 5.74) is 1.70. The lowest BCUT2D eigenvalue weighted by atomic mass is 10.1. The number of hydrogen-bond donors (Lipinski definition) is 2. The van der Waals surface area contributed by atoms with Crippen molar-refractivity contribution in [3.63, 3.8) is 0 Å². The zero-order valence-electron chi connectivity index (χ0n) is 11.7. The molecular formula is C15H20N2O3. The van der Waals surface area contributed by atoms with Crippen molar-refractivity contribution in [2.24, 2.45) is 0 Å². The molecule has 0 saturated heterocycles. The molecule has 0 aliphatic carbocycles. The zero-order valence-corrected chi connectivity index (χ0v) is 11.7. The van der Waals surface area contributed by atoms with E-state index in [-0.39, 0.29) is 18.4 Å². The number of rotatable bonds is 6. The largest absolute Gasteiger partial charge is 0.482 e. The third-order valence-corrected chi connectivity index (χ3v) is 3.17. The predicted molar refractivity (Wildman–Crippen MR) is 76.8 cm³/mol. The number of anilines is 1. The van der Waals surface area contributed by atoms with E-state index in [1.807, 2.05) is 18.2 Å². The fraction of sp³-hybridized carbons (Fsp3) is 0.467. The van der Waals surface area contributed by atoms with Crippen LogP contribution in [0.4, 0.5) is 5.69 Å². The molecule has 0 saturated carbocycles. The van der Waals surface area contributed by atoms with Gasteiger partial charge in [0, 0.05) is 13.0 Å². The second-order valence-electron chi connectivity index (χ2n) is 4.87. The molecule has 0 bridgehead atoms. The molecule has 0 atom stereocenters. The Morgan fingerprint density at radius 3 is 3.10 bits per heavy atom. The van der Waals surface area contributed by atoms with E-state index in [0.29, 0.717) is 24.3 Å². The molecule has 5 heteroatoms. The topological polar surface area (TPSA) is 67.4 Å². The van der Waals surface area contributed by atoms with Gasteiger partial charge < -0.3 is 15.4 Å². The van der Waals surface area contributed by atoms with Crippen LogP contribution < -0.4 is 15.4 Å². The van der Waals surface area contributed by atoms with Crippen LogP contribution >= 0.6 is 0 Å². The lowest BCUT2D eigenvalue weighted by Crippen LogP contribution is -2.25. The van der Waals surface area contributed by atoms with Gasteiger partial charge >= 0.3 is 0 Å². The highest BCUT2D eigenvalue weighted by atomic mass is 16.5. The van der Waals surface area contributed by atoms with Crippen LogP contribution in [0.5, 0.6) is 5.75 Å². The second kappa shape index (κ2) is 6.93. The Hall–Kier alpha value is -2.04. The van der Waals surface area contributed by atoms with Crippen LogP contribution in [0.3, 0.4) is 0 Å². The highest BCUT2D eigenvalue weighted by Gasteiger charge is 2.15. The van der Waals surface area contributed by atoms with Crippen molar-refractivity contribution >= 4 is 17.5 Å². The molecule has 0 radical (unpaired) electrons. The van der Waals surface area contributed by atoms with E-state index >= 15 is 0 Å². The Labute approximate surface area is 118 Å². The summed E-state index contributed by atoms with van der Waals surface area (Å²) in [5.74, 6) is 0.601. The SMILES string of the molecule is CCCCNC(=O)CCc1ccc2c(c1)NC(=O)CO2. The molecule has 1 aromatic carbocycles. The summed E-state index contributed by atoms with van der Waals surface area (Å²) in [6, 6.07) is 5.63. The average Bonchev–Trinajstić information content (AvgIpc) is 2.45. The van der Waals surface area contributed by atoms with Crippen LogP contribution in [-0.2, 0) is 16.0 Å². The van der Waals surface area contributed by atoms with Crippen molar-refractivity contribution in [3.8, 4) is 5.75 Å². The molecule has 20 heavy (non-hydrogen) atoms. The monoisotopic (exact) mass is 276 g/mol. The van der Waals surface area contributed by atoms with Gasteiger partial charge in [-0.3, -0.25) is 9.59 Å². The van der Waals surface area contributed by atoms with E-state index in [1.54, 1.807) is 0 Å². The Morgan fingerprint density at radius 2 is 2.30 bits per heavy atom. The van der Waals surface area contributed by atoms with Crippen LogP contribution in [0, 0.1) is 0 Å². The second-order valence-corrected chi connectivity index (χ2v) is 4.87. The molecule has 2 rings (SSSR count). The summed E-state index contributed by atoms with van der Waals surface area (Å²) in [5, 5.41) is 5.66. The van der Waals surface area contributed by atoms with Gasteiger partial charge in [-0.25, -0.2) is 0 Å². The van der Waals surface area contributed by atoms with Crippen molar-refractivity contribution in [1.82, 2.24) is 5.32 Å². The Bertz CT molecular complexity index is 500. The van der Waals surface area contributed by atoms with Crippen molar-refractivity contribution in [3.05, 3.63) is 23.8 Å². The molecule has 1 heterocycles. The highest BCUT2D eigenvalue weighted by molar-refractivity contribution is 5.95. The van der Waals surface area contributed by atoms with Crippen molar-refractivity contribution in [2.75, 3.05) is 18.5 Å². The first-order valence-electron chi connectivity index (χ1n) is 7.01. The molecular weight excluding hydrogens is 256 g/mol. The van der Waals surface area contributed by atoms with Gasteiger partial charge in [0.15, 0.2) is 6.61 Å². The number of hydrogen-bond acceptors (Lipinski definition) is 3. The first-order chi connectivity index (χ1) is 9.69. The Kier molecular flexibility index (Phi) is 4.98. The highest BCUT2D eigenvalue weighted by Crippen LogP contribution is 2.28. The third kappa shape index (κ3) is 3.98. The maximum Gasteiger partial charge on any atom is 0.262 e. The van der Waals surface area contributed by atoms with Gasteiger partial charge in [-0.15, -0.1) is 0 Å². The number of aryl methyl sites for hydroxylation is 1. The fourth-order valence-corrected chi connectivity index (χ4v) is 2.04. The molecule has 1 aliphatic rings. The van der Waals surface area contributed by atoms with Crippen LogP contribution in [0.2, 0.25) is 0 Å². The van der Waals surface area contributed by atoms with E-state index < -0.39 is 0 Å². The molecule has 0 aromatic heterocycles. The van der Waals surface area contributed by atoms with E-state index in [4.69, 9.17) is 4.74 Å². The number of nitrogens with one attached hydrogen (secondary N) is 2. The molecule has 1 aromatic rings. The van der Waals surface area contributed by atoms with Gasteiger partial charge in [-0.2, -0.15) is 0 Å². The minimum Gasteiger partial charge on any atom is -0.482 e. The Morgan fingerprint density at radius 1 is 1.45 bits per heavy atom. The van der Waals surface area contributed by atoms with Crippen LogP contribution in [0.15, 0.2) is 18.2 Å². The molecule has 1 aliphatic heterocycles. The van der Waals surface area contributed by atoms with Gasteiger partial charge in [-0.05, 0) is 30.5 Å². The summed E-state index contributed by atoms with van der Waals surface area (Å²) in [6.07, 6.45) is 3.19. The lowest BCUT2D eigenvalue weighted by molar-refractivity contribution is -0.121. The number of amides is 2. The minimum absolute atomic E-state index is 0.0617. The van der Waals surface area contributed by atoms with Crippen molar-refractivity contribution in [1.29, 1.82) is 0 Å². The van der Waals surface area contributed by atoms with Gasteiger partial charge in [0.2, 0.25) is 5.91 Å². The molecule has 2 amide bonds. The van der Waals surface area contributed by atoms with E-state index in [0.717, 1.165) is 24.9 Å². The van der Waals surface area contributed by atoms with Crippen molar-refractivity contribution in [2.45, 2.75) is 32.6 Å². The van der Waals surface area contributed by atoms with Crippen LogP contribution in [0.25, 0.3) is 0 Å². The first kappa shape index (κ1) is 14.4. The summed E-state index contributed by atoms with van der Waals surface area (Å²) >= 11 is 0. The number of benzene rings is 1. The maximum atomic E-state index is 11.6. The van der Waals surface area contributed by atoms with Crippen LogP contribution in [0.1, 0.15) is 31.7 Å². The van der Waals surface area contributed by atoms with Gasteiger partial charge in [0.25, 0.3) is 5.91 Å². The predicted octanol–water partition coefficient (Wildman–Crippen LogP) is 1.87. The van der Waals surface area contributed by atoms with E-state index in [1.165, 1.54) is 0 Å². The molecule has 5 nitrogen and oxygen atoms in total. The molecule has 0 unspecified atom stereocenters. The molecule has 0 spiro atoms. The van der Waals surface area contributed by atoms with E-state index in [2.05, 4.69) is 17.6 Å². The zero-order chi connectivity index (χ0) is 14.4. The molecule has 0 fully saturated rings. The average molecular weight is 276 g/mol. The number of ether oxygens (including phenoxy) is 1. The summed E-state index contributed by atoms with van der Waals surface area (Å²) in [7, 11) is 0. The lowest BCUT2D eigenvalue weighted by Gasteiger charge is -2.18. The van der Waals surface area contributed by atoms with Crippen molar-refractivity contribution < 1.29 is 14.3 Å². The third-order valence-electron chi connectivity index (χ3n) is 3.17. The molecule has 108 valence electrons. The Balaban J connectivity index is 1.86. The fourth-order valence-electron chi connectivity index (χ4n) is 2.04. The van der Waals surface area contributed by atoms with E-state index in [9.17, 15) is 9.59 Å². The van der Waals surface area contributed by atoms with Gasteiger partial charge in [0.1, 0.15) is 5.75 Å². The standard InChI is InChI=1S/C15H20N2O3/c1-2-3-8-16-14(18)7-5-11-4-6-13-12(9-11)17-15(19)10-20-13/h4,6,9H,2-3,5,7-8,10H2,1H3,(H,16,18)(H,17,19). The number of fused-ring (bicyclic) bond motifs is 1. The van der Waals surface area contributed by atoms with Gasteiger partial charge in [-0.1, -0.05) is 19.4 Å². The number of carbonyl (C=O) groups excluding carboxylic acids is 2. The quantitative estimate of drug-likeness (QED) is 0.779. The maximum absolute atomic E-state index is 11.6. The normalized spacial score (nSPS) is 13.2. The summed E-state index contributed by atoms with van der Waals surface area (Å²) in [4.78, 5) is 22.9. The number of carbonyl (C=O) groups is 2. The molecule has 2 N–H and O–H groups in total. The van der Waals surface area contributed by atoms with Crippen LogP contribution in [-0.4, -0.2) is 25.0 Å². The first-order valence-corrected chi connectivity index (χ1v) is 7.01. The minimum atomic E-state index is -0.146. The summed E-state index contributed by atoms with van der Waals surface area (Å²) in [6.45, 7) is 2.89.